The number of aromatic nitrogens is 2. The summed E-state index contributed by atoms with van der Waals surface area (Å²) in [6.07, 6.45) is 1.47. The van der Waals surface area contributed by atoms with Gasteiger partial charge >= 0.3 is 0 Å². The zero-order valence-electron chi connectivity index (χ0n) is 10.4. The SMILES string of the molecule is Cc1ccc(F)c(C(=O)Nc2nn(C)cc2C#N)c1. The van der Waals surface area contributed by atoms with Gasteiger partial charge in [0.25, 0.3) is 5.91 Å². The summed E-state index contributed by atoms with van der Waals surface area (Å²) in [6.45, 7) is 1.76. The first-order valence-electron chi connectivity index (χ1n) is 5.52. The molecule has 6 heteroatoms. The average molecular weight is 258 g/mol. The molecule has 19 heavy (non-hydrogen) atoms. The second-order valence-electron chi connectivity index (χ2n) is 4.11. The highest BCUT2D eigenvalue weighted by molar-refractivity contribution is 6.04. The molecule has 1 heterocycles. The van der Waals surface area contributed by atoms with E-state index in [0.29, 0.717) is 0 Å². The molecule has 96 valence electrons. The first kappa shape index (κ1) is 12.8. The molecule has 2 aromatic rings. The number of nitrogens with zero attached hydrogens (tertiary/aromatic N) is 3. The Balaban J connectivity index is 2.31. The van der Waals surface area contributed by atoms with Crippen molar-refractivity contribution in [1.82, 2.24) is 9.78 Å². The van der Waals surface area contributed by atoms with Crippen LogP contribution in [0.2, 0.25) is 0 Å². The zero-order valence-corrected chi connectivity index (χ0v) is 10.4. The van der Waals surface area contributed by atoms with Crippen LogP contribution in [0.25, 0.3) is 0 Å². The highest BCUT2D eigenvalue weighted by Crippen LogP contribution is 2.15. The van der Waals surface area contributed by atoms with E-state index in [4.69, 9.17) is 5.26 Å². The topological polar surface area (TPSA) is 70.7 Å². The number of rotatable bonds is 2. The van der Waals surface area contributed by atoms with Crippen molar-refractivity contribution in [3.05, 3.63) is 46.9 Å². The van der Waals surface area contributed by atoms with Gasteiger partial charge in [0.2, 0.25) is 0 Å². The Bertz CT molecular complexity index is 684. The van der Waals surface area contributed by atoms with Crippen LogP contribution < -0.4 is 5.32 Å². The van der Waals surface area contributed by atoms with Crippen LogP contribution in [0.5, 0.6) is 0 Å². The number of benzene rings is 1. The molecule has 5 nitrogen and oxygen atoms in total. The van der Waals surface area contributed by atoms with E-state index >= 15 is 0 Å². The van der Waals surface area contributed by atoms with Crippen molar-refractivity contribution in [1.29, 1.82) is 5.26 Å². The van der Waals surface area contributed by atoms with E-state index in [-0.39, 0.29) is 16.9 Å². The lowest BCUT2D eigenvalue weighted by atomic mass is 10.1. The van der Waals surface area contributed by atoms with Gasteiger partial charge in [0.05, 0.1) is 5.56 Å². The Hall–Kier alpha value is -2.68. The Morgan fingerprint density at radius 1 is 1.53 bits per heavy atom. The van der Waals surface area contributed by atoms with Crippen LogP contribution in [-0.2, 0) is 7.05 Å². The number of carbonyl (C=O) groups is 1. The average Bonchev–Trinajstić information content (AvgIpc) is 2.72. The number of halogens is 1. The molecule has 0 saturated carbocycles. The quantitative estimate of drug-likeness (QED) is 0.895. The van der Waals surface area contributed by atoms with Crippen LogP contribution in [0.1, 0.15) is 21.5 Å². The molecule has 0 aliphatic rings. The standard InChI is InChI=1S/C13H11FN4O/c1-8-3-4-11(14)10(5-8)13(19)16-12-9(6-15)7-18(2)17-12/h3-5,7H,1-2H3,(H,16,17,19). The predicted octanol–water partition coefficient (Wildman–Crippen LogP) is 1.99. The number of nitriles is 1. The lowest BCUT2D eigenvalue weighted by Crippen LogP contribution is -2.15. The van der Waals surface area contributed by atoms with Gasteiger partial charge in [0, 0.05) is 13.2 Å². The molecule has 0 radical (unpaired) electrons. The number of hydrogen-bond donors (Lipinski definition) is 1. The smallest absolute Gasteiger partial charge is 0.259 e. The normalized spacial score (nSPS) is 10.0. The van der Waals surface area contributed by atoms with Crippen LogP contribution in [0, 0.1) is 24.1 Å². The minimum Gasteiger partial charge on any atom is -0.304 e. The van der Waals surface area contributed by atoms with Gasteiger partial charge in [-0.3, -0.25) is 9.48 Å². The molecular formula is C13H11FN4O. The number of amides is 1. The zero-order chi connectivity index (χ0) is 14.0. The van der Waals surface area contributed by atoms with E-state index in [2.05, 4.69) is 10.4 Å². The molecule has 2 rings (SSSR count). The molecule has 0 aliphatic carbocycles. The van der Waals surface area contributed by atoms with Crippen molar-refractivity contribution in [2.45, 2.75) is 6.92 Å². The van der Waals surface area contributed by atoms with Gasteiger partial charge in [-0.1, -0.05) is 11.6 Å². The van der Waals surface area contributed by atoms with Crippen molar-refractivity contribution >= 4 is 11.7 Å². The van der Waals surface area contributed by atoms with E-state index in [1.807, 2.05) is 6.07 Å². The van der Waals surface area contributed by atoms with Crippen molar-refractivity contribution in [2.24, 2.45) is 7.05 Å². The molecule has 0 bridgehead atoms. The summed E-state index contributed by atoms with van der Waals surface area (Å²) in [7, 11) is 1.63. The molecule has 1 amide bonds. The third-order valence-electron chi connectivity index (χ3n) is 2.55. The number of anilines is 1. The Kier molecular flexibility index (Phi) is 3.29. The monoisotopic (exact) mass is 258 g/mol. The van der Waals surface area contributed by atoms with Gasteiger partial charge in [-0.2, -0.15) is 10.4 Å². The van der Waals surface area contributed by atoms with E-state index in [0.717, 1.165) is 5.56 Å². The lowest BCUT2D eigenvalue weighted by Gasteiger charge is -2.04. The summed E-state index contributed by atoms with van der Waals surface area (Å²) in [4.78, 5) is 12.0. The van der Waals surface area contributed by atoms with Crippen LogP contribution >= 0.6 is 0 Å². The number of hydrogen-bond acceptors (Lipinski definition) is 3. The van der Waals surface area contributed by atoms with Gasteiger partial charge < -0.3 is 5.32 Å². The van der Waals surface area contributed by atoms with Crippen molar-refractivity contribution in [3.63, 3.8) is 0 Å². The fraction of sp³-hybridized carbons (Fsp3) is 0.154. The summed E-state index contributed by atoms with van der Waals surface area (Å²) >= 11 is 0. The Labute approximate surface area is 109 Å². The third kappa shape index (κ3) is 2.60. The maximum Gasteiger partial charge on any atom is 0.259 e. The van der Waals surface area contributed by atoms with Gasteiger partial charge in [0.1, 0.15) is 17.4 Å². The molecule has 0 aliphatic heterocycles. The fourth-order valence-corrected chi connectivity index (χ4v) is 1.65. The molecular weight excluding hydrogens is 247 g/mol. The van der Waals surface area contributed by atoms with E-state index in [9.17, 15) is 9.18 Å². The minimum atomic E-state index is -0.628. The summed E-state index contributed by atoms with van der Waals surface area (Å²) in [5.41, 5.74) is 0.923. The number of aryl methyl sites for hydroxylation is 2. The van der Waals surface area contributed by atoms with Crippen molar-refractivity contribution in [3.8, 4) is 6.07 Å². The van der Waals surface area contributed by atoms with Crippen molar-refractivity contribution in [2.75, 3.05) is 5.32 Å². The van der Waals surface area contributed by atoms with Crippen LogP contribution in [-0.4, -0.2) is 15.7 Å². The molecule has 0 unspecified atom stereocenters. The third-order valence-corrected chi connectivity index (χ3v) is 2.55. The first-order valence-corrected chi connectivity index (χ1v) is 5.52. The summed E-state index contributed by atoms with van der Waals surface area (Å²) < 4.78 is 15.0. The minimum absolute atomic E-state index is 0.0745. The van der Waals surface area contributed by atoms with Gasteiger partial charge in [-0.05, 0) is 19.1 Å². The van der Waals surface area contributed by atoms with Gasteiger partial charge in [0.15, 0.2) is 5.82 Å². The van der Waals surface area contributed by atoms with E-state index in [1.54, 1.807) is 20.0 Å². The molecule has 1 aromatic carbocycles. The van der Waals surface area contributed by atoms with Crippen LogP contribution in [0.4, 0.5) is 10.2 Å². The molecule has 0 spiro atoms. The number of nitrogens with one attached hydrogen (secondary N) is 1. The molecule has 1 aromatic heterocycles. The van der Waals surface area contributed by atoms with Crippen LogP contribution in [0.15, 0.2) is 24.4 Å². The highest BCUT2D eigenvalue weighted by atomic mass is 19.1. The molecule has 0 fully saturated rings. The van der Waals surface area contributed by atoms with Gasteiger partial charge in [-0.25, -0.2) is 4.39 Å². The molecule has 0 atom stereocenters. The maximum absolute atomic E-state index is 13.6. The first-order chi connectivity index (χ1) is 9.01. The van der Waals surface area contributed by atoms with Crippen molar-refractivity contribution < 1.29 is 9.18 Å². The number of carbonyl (C=O) groups excluding carboxylic acids is 1. The summed E-state index contributed by atoms with van der Waals surface area (Å²) in [6, 6.07) is 6.16. The Morgan fingerprint density at radius 2 is 2.26 bits per heavy atom. The van der Waals surface area contributed by atoms with E-state index in [1.165, 1.54) is 23.0 Å². The second kappa shape index (κ2) is 4.90. The Morgan fingerprint density at radius 3 is 2.95 bits per heavy atom. The highest BCUT2D eigenvalue weighted by Gasteiger charge is 2.15. The predicted molar refractivity (Wildman–Crippen MR) is 67.0 cm³/mol. The maximum atomic E-state index is 13.6. The summed E-state index contributed by atoms with van der Waals surface area (Å²) in [5, 5.41) is 15.3. The lowest BCUT2D eigenvalue weighted by molar-refractivity contribution is 0.102. The van der Waals surface area contributed by atoms with Gasteiger partial charge in [-0.15, -0.1) is 0 Å². The summed E-state index contributed by atoms with van der Waals surface area (Å²) in [5.74, 6) is -1.12. The second-order valence-corrected chi connectivity index (χ2v) is 4.11. The molecule has 1 N–H and O–H groups in total. The van der Waals surface area contributed by atoms with Crippen LogP contribution in [0.3, 0.4) is 0 Å². The fourth-order valence-electron chi connectivity index (χ4n) is 1.65. The molecule has 0 saturated heterocycles. The van der Waals surface area contributed by atoms with E-state index < -0.39 is 11.7 Å². The largest absolute Gasteiger partial charge is 0.304 e.